The van der Waals surface area contributed by atoms with Crippen molar-refractivity contribution in [1.82, 2.24) is 5.06 Å². The van der Waals surface area contributed by atoms with E-state index in [0.717, 1.165) is 24.0 Å². The lowest BCUT2D eigenvalue weighted by Gasteiger charge is -2.55. The van der Waals surface area contributed by atoms with Gasteiger partial charge < -0.3 is 4.43 Å². The lowest BCUT2D eigenvalue weighted by Crippen LogP contribution is -2.62. The van der Waals surface area contributed by atoms with Gasteiger partial charge in [0.1, 0.15) is 6.10 Å². The summed E-state index contributed by atoms with van der Waals surface area (Å²) >= 11 is 0. The standard InChI is InChI=1S/C22H37NO3Si/c1-16(24)18-10-12-19(13-11-18)17(2)25-23-21(3,4)14-20(15-22(23,5)6)26-27(7,8)9/h10-13,17,20H,14-15H2,1-9H3. The first kappa shape index (κ1) is 22.3. The second-order valence-corrected chi connectivity index (χ2v) is 14.6. The van der Waals surface area contributed by atoms with Gasteiger partial charge in [-0.25, -0.2) is 0 Å². The summed E-state index contributed by atoms with van der Waals surface area (Å²) in [5, 5.41) is 2.17. The van der Waals surface area contributed by atoms with Crippen LogP contribution in [0.1, 0.15) is 76.4 Å². The molecule has 0 amide bonds. The van der Waals surface area contributed by atoms with Crippen LogP contribution in [0.3, 0.4) is 0 Å². The molecule has 0 aliphatic carbocycles. The molecule has 1 fully saturated rings. The molecule has 1 aliphatic heterocycles. The van der Waals surface area contributed by atoms with Gasteiger partial charge in [0, 0.05) is 22.7 Å². The van der Waals surface area contributed by atoms with Gasteiger partial charge >= 0.3 is 0 Å². The molecule has 27 heavy (non-hydrogen) atoms. The van der Waals surface area contributed by atoms with Gasteiger partial charge in [0.15, 0.2) is 14.1 Å². The second kappa shape index (κ2) is 7.78. The number of carbonyl (C=O) groups excluding carboxylic acids is 1. The van der Waals surface area contributed by atoms with Crippen molar-refractivity contribution in [1.29, 1.82) is 0 Å². The van der Waals surface area contributed by atoms with Crippen LogP contribution in [0.15, 0.2) is 24.3 Å². The molecule has 0 bridgehead atoms. The molecule has 1 aromatic carbocycles. The third-order valence-corrected chi connectivity index (χ3v) is 6.16. The Morgan fingerprint density at radius 1 is 1.07 bits per heavy atom. The fourth-order valence-corrected chi connectivity index (χ4v) is 5.41. The predicted octanol–water partition coefficient (Wildman–Crippen LogP) is 5.75. The van der Waals surface area contributed by atoms with Gasteiger partial charge in [-0.15, -0.1) is 0 Å². The first-order chi connectivity index (χ1) is 12.2. The molecule has 1 heterocycles. The first-order valence-corrected chi connectivity index (χ1v) is 13.4. The Morgan fingerprint density at radius 2 is 1.56 bits per heavy atom. The minimum absolute atomic E-state index is 0.0842. The van der Waals surface area contributed by atoms with Crippen molar-refractivity contribution in [2.75, 3.05) is 0 Å². The van der Waals surface area contributed by atoms with Gasteiger partial charge in [0.05, 0.1) is 0 Å². The third kappa shape index (κ3) is 5.73. The molecule has 2 rings (SSSR count). The smallest absolute Gasteiger partial charge is 0.184 e. The molecule has 1 aliphatic rings. The van der Waals surface area contributed by atoms with Gasteiger partial charge in [-0.2, -0.15) is 5.06 Å². The predicted molar refractivity (Wildman–Crippen MR) is 113 cm³/mol. The molecular formula is C22H37NO3Si. The summed E-state index contributed by atoms with van der Waals surface area (Å²) in [5.74, 6) is 0.0851. The van der Waals surface area contributed by atoms with Gasteiger partial charge in [-0.1, -0.05) is 24.3 Å². The largest absolute Gasteiger partial charge is 0.415 e. The Balaban J connectivity index is 2.15. The van der Waals surface area contributed by atoms with Gasteiger partial charge in [-0.05, 0) is 79.6 Å². The summed E-state index contributed by atoms with van der Waals surface area (Å²) < 4.78 is 6.45. The van der Waals surface area contributed by atoms with E-state index >= 15 is 0 Å². The maximum absolute atomic E-state index is 11.5. The van der Waals surface area contributed by atoms with Crippen molar-refractivity contribution in [3.05, 3.63) is 35.4 Å². The summed E-state index contributed by atoms with van der Waals surface area (Å²) in [6.07, 6.45) is 2.10. The molecule has 0 N–H and O–H groups in total. The number of benzene rings is 1. The highest BCUT2D eigenvalue weighted by Crippen LogP contribution is 2.42. The van der Waals surface area contributed by atoms with Crippen LogP contribution in [0.5, 0.6) is 0 Å². The summed E-state index contributed by atoms with van der Waals surface area (Å²) in [6, 6.07) is 7.73. The molecule has 4 nitrogen and oxygen atoms in total. The van der Waals surface area contributed by atoms with E-state index < -0.39 is 8.32 Å². The molecule has 5 heteroatoms. The minimum Gasteiger partial charge on any atom is -0.415 e. The highest BCUT2D eigenvalue weighted by Gasteiger charge is 2.48. The Morgan fingerprint density at radius 3 is 1.96 bits per heavy atom. The summed E-state index contributed by atoms with van der Waals surface area (Å²) in [4.78, 5) is 18.0. The van der Waals surface area contributed by atoms with Crippen LogP contribution >= 0.6 is 0 Å². The molecule has 0 aromatic heterocycles. The molecule has 1 unspecified atom stereocenters. The van der Waals surface area contributed by atoms with E-state index in [-0.39, 0.29) is 29.1 Å². The number of rotatable bonds is 6. The monoisotopic (exact) mass is 391 g/mol. The van der Waals surface area contributed by atoms with Crippen molar-refractivity contribution in [3.63, 3.8) is 0 Å². The zero-order valence-electron chi connectivity index (χ0n) is 18.6. The number of hydrogen-bond acceptors (Lipinski definition) is 4. The summed E-state index contributed by atoms with van der Waals surface area (Å²) in [7, 11) is -1.58. The van der Waals surface area contributed by atoms with Crippen molar-refractivity contribution in [2.24, 2.45) is 0 Å². The Hall–Kier alpha value is -1.01. The fourth-order valence-electron chi connectivity index (χ4n) is 4.25. The highest BCUT2D eigenvalue weighted by atomic mass is 28.4. The first-order valence-electron chi connectivity index (χ1n) is 9.97. The molecule has 152 valence electrons. The van der Waals surface area contributed by atoms with E-state index in [1.165, 1.54) is 0 Å². The molecule has 1 atom stereocenters. The van der Waals surface area contributed by atoms with Crippen LogP contribution < -0.4 is 0 Å². The van der Waals surface area contributed by atoms with Crippen LogP contribution in [0.2, 0.25) is 19.6 Å². The van der Waals surface area contributed by atoms with Crippen molar-refractivity contribution in [3.8, 4) is 0 Å². The van der Waals surface area contributed by atoms with Crippen LogP contribution in [0.25, 0.3) is 0 Å². The molecular weight excluding hydrogens is 354 g/mol. The van der Waals surface area contributed by atoms with E-state index in [0.29, 0.717) is 0 Å². The van der Waals surface area contributed by atoms with Crippen LogP contribution in [0.4, 0.5) is 0 Å². The Labute approximate surface area is 166 Å². The minimum atomic E-state index is -1.58. The molecule has 0 radical (unpaired) electrons. The Bertz CT molecular complexity index is 643. The van der Waals surface area contributed by atoms with E-state index in [4.69, 9.17) is 9.26 Å². The normalized spacial score (nSPS) is 21.8. The van der Waals surface area contributed by atoms with E-state index in [1.54, 1.807) is 6.92 Å². The average molecular weight is 392 g/mol. The van der Waals surface area contributed by atoms with Crippen LogP contribution in [0, 0.1) is 0 Å². The number of Topliss-reactive ketones (excluding diaryl/α,β-unsaturated/α-hetero) is 1. The Kier molecular flexibility index (Phi) is 6.42. The molecule has 1 aromatic rings. The number of nitrogens with zero attached hydrogens (tertiary/aromatic N) is 1. The van der Waals surface area contributed by atoms with E-state index in [1.807, 2.05) is 24.3 Å². The zero-order valence-corrected chi connectivity index (χ0v) is 19.6. The number of piperidine rings is 1. The lowest BCUT2D eigenvalue weighted by molar-refractivity contribution is -0.312. The molecule has 0 spiro atoms. The summed E-state index contributed by atoms with van der Waals surface area (Å²) in [5.41, 5.74) is 1.56. The lowest BCUT2D eigenvalue weighted by atomic mass is 9.80. The van der Waals surface area contributed by atoms with Crippen molar-refractivity contribution < 1.29 is 14.1 Å². The van der Waals surface area contributed by atoms with Gasteiger partial charge in [0.2, 0.25) is 0 Å². The molecule has 1 saturated heterocycles. The van der Waals surface area contributed by atoms with Gasteiger partial charge in [-0.3, -0.25) is 9.63 Å². The molecule has 0 saturated carbocycles. The number of ketones is 1. The zero-order chi connectivity index (χ0) is 20.6. The fraction of sp³-hybridized carbons (Fsp3) is 0.682. The topological polar surface area (TPSA) is 38.8 Å². The van der Waals surface area contributed by atoms with Gasteiger partial charge in [0.25, 0.3) is 0 Å². The number of hydrogen-bond donors (Lipinski definition) is 0. The van der Waals surface area contributed by atoms with Crippen molar-refractivity contribution in [2.45, 2.75) is 97.3 Å². The van der Waals surface area contributed by atoms with E-state index in [2.05, 4.69) is 59.3 Å². The maximum Gasteiger partial charge on any atom is 0.184 e. The highest BCUT2D eigenvalue weighted by molar-refractivity contribution is 6.69. The maximum atomic E-state index is 11.5. The van der Waals surface area contributed by atoms with E-state index in [9.17, 15) is 4.79 Å². The van der Waals surface area contributed by atoms with Crippen molar-refractivity contribution >= 4 is 14.1 Å². The number of hydroxylamine groups is 2. The summed E-state index contributed by atoms with van der Waals surface area (Å²) in [6.45, 7) is 19.4. The third-order valence-electron chi connectivity index (χ3n) is 5.12. The number of carbonyl (C=O) groups is 1. The quantitative estimate of drug-likeness (QED) is 0.457. The van der Waals surface area contributed by atoms with Crippen LogP contribution in [-0.4, -0.2) is 36.3 Å². The SMILES string of the molecule is CC(=O)c1ccc(C(C)ON2C(C)(C)CC(O[Si](C)(C)C)CC2(C)C)cc1. The average Bonchev–Trinajstić information content (AvgIpc) is 2.48. The van der Waals surface area contributed by atoms with Crippen LogP contribution in [-0.2, 0) is 9.26 Å². The second-order valence-electron chi connectivity index (χ2n) is 10.1.